The molecular weight excluding hydrogens is 1260 g/mol. The molecule has 29 heteroatoms. The molecule has 0 aliphatic heterocycles. The van der Waals surface area contributed by atoms with Crippen molar-refractivity contribution < 1.29 is 78.7 Å². The Morgan fingerprint density at radius 2 is 0.886 bits per heavy atom. The molecule has 2 unspecified atom stereocenters. The van der Waals surface area contributed by atoms with E-state index in [2.05, 4.69) is 57.1 Å². The second-order valence-corrected chi connectivity index (χ2v) is 26.9. The summed E-state index contributed by atoms with van der Waals surface area (Å²) in [5.41, 5.74) is 4.77. The van der Waals surface area contributed by atoms with Crippen molar-refractivity contribution in [3.8, 4) is 11.5 Å². The number of sulfonamides is 2. The van der Waals surface area contributed by atoms with E-state index in [4.69, 9.17) is 17.5 Å². The minimum absolute atomic E-state index is 0.0357. The fourth-order valence-corrected chi connectivity index (χ4v) is 10.8. The summed E-state index contributed by atoms with van der Waals surface area (Å²) in [5.74, 6) is -1.77. The number of nitrogens with one attached hydrogen (secondary N) is 5. The van der Waals surface area contributed by atoms with Crippen LogP contribution in [0.1, 0.15) is 65.9 Å². The molecular formula is C59H67N5O18S6. The molecule has 23 nitrogen and oxygen atoms in total. The lowest BCUT2D eigenvalue weighted by molar-refractivity contribution is -0.118. The molecule has 2 atom stereocenters. The van der Waals surface area contributed by atoms with Crippen molar-refractivity contribution in [2.24, 2.45) is 0 Å². The van der Waals surface area contributed by atoms with E-state index in [1.807, 2.05) is 45.0 Å². The molecule has 0 aliphatic carbocycles. The van der Waals surface area contributed by atoms with Gasteiger partial charge in [0.15, 0.2) is 0 Å². The maximum atomic E-state index is 12.2. The molecule has 0 saturated carbocycles. The van der Waals surface area contributed by atoms with Gasteiger partial charge in [-0.3, -0.25) is 33.0 Å². The smallest absolute Gasteiger partial charge is 0.318 e. The number of rotatable bonds is 21. The van der Waals surface area contributed by atoms with Gasteiger partial charge in [0.2, 0.25) is 5.91 Å². The van der Waals surface area contributed by atoms with E-state index in [1.165, 1.54) is 64.1 Å². The van der Waals surface area contributed by atoms with Crippen molar-refractivity contribution in [2.45, 2.75) is 68.7 Å². The number of benzene rings is 6. The van der Waals surface area contributed by atoms with E-state index < -0.39 is 97.7 Å². The van der Waals surface area contributed by atoms with Crippen molar-refractivity contribution in [3.05, 3.63) is 229 Å². The molecule has 6 rings (SSSR count). The average Bonchev–Trinajstić information content (AvgIpc) is 3.59. The number of hydrogen-bond acceptors (Lipinski definition) is 16. The van der Waals surface area contributed by atoms with Gasteiger partial charge in [-0.2, -0.15) is 25.3 Å². The molecule has 0 saturated heterocycles. The normalized spacial score (nSPS) is 11.6. The molecule has 4 amide bonds. The van der Waals surface area contributed by atoms with Crippen molar-refractivity contribution in [1.29, 1.82) is 0 Å². The Labute approximate surface area is 519 Å². The molecule has 0 fully saturated rings. The zero-order valence-corrected chi connectivity index (χ0v) is 53.6. The Kier molecular flexibility index (Phi) is 29.7. The van der Waals surface area contributed by atoms with Gasteiger partial charge < -0.3 is 13.7 Å². The maximum Gasteiger partial charge on any atom is 0.318 e. The Balaban J connectivity index is 0.000000380. The lowest BCUT2D eigenvalue weighted by Crippen LogP contribution is -2.47. The van der Waals surface area contributed by atoms with E-state index in [1.54, 1.807) is 84.9 Å². The quantitative estimate of drug-likeness (QED) is 0.0263. The highest BCUT2D eigenvalue weighted by atomic mass is 32.2. The van der Waals surface area contributed by atoms with Gasteiger partial charge in [-0.05, 0) is 151 Å². The van der Waals surface area contributed by atoms with E-state index in [9.17, 15) is 61.3 Å². The van der Waals surface area contributed by atoms with Crippen LogP contribution in [-0.4, -0.2) is 86.1 Å². The van der Waals surface area contributed by atoms with Crippen LogP contribution in [0.25, 0.3) is 12.2 Å². The predicted octanol–water partition coefficient (Wildman–Crippen LogP) is 8.38. The third kappa shape index (κ3) is 29.1. The number of carbonyl (C=O) groups is 4. The fourth-order valence-electron chi connectivity index (χ4n) is 6.03. The highest BCUT2D eigenvalue weighted by Crippen LogP contribution is 2.20. The van der Waals surface area contributed by atoms with Crippen LogP contribution in [0.4, 0.5) is 5.69 Å². The van der Waals surface area contributed by atoms with Crippen LogP contribution in [-0.2, 0) is 77.2 Å². The number of aryl methyl sites for hydroxylation is 3. The van der Waals surface area contributed by atoms with Gasteiger partial charge in [0.1, 0.15) is 11.5 Å². The van der Waals surface area contributed by atoms with Gasteiger partial charge in [-0.25, -0.2) is 31.0 Å². The predicted molar refractivity (Wildman–Crippen MR) is 341 cm³/mol. The van der Waals surface area contributed by atoms with Crippen LogP contribution in [0, 0.1) is 20.8 Å². The first kappa shape index (κ1) is 75.4. The highest BCUT2D eigenvalue weighted by Gasteiger charge is 2.26. The van der Waals surface area contributed by atoms with E-state index in [-0.39, 0.29) is 31.5 Å². The van der Waals surface area contributed by atoms with E-state index in [0.717, 1.165) is 46.0 Å². The topological polar surface area (TPSA) is 358 Å². The SMILES string of the molecule is C=C(C)C(=O)NS(=O)Oc1ccc(C)cc1.C=C(C)C(=O)NS(=O)Oc1ccc(C)cc1.C=CC(=O)NC(C)(C)CS(=O)(=O)O.C=Cc1ccc(S(=O)(=O)NC(=O)c2ccc(C)cc2)cc1.C=Cc1ccc(S(=O)(=O)Nc2ccc(S(=O)(=O)O)cc2)cc1. The summed E-state index contributed by atoms with van der Waals surface area (Å²) in [4.78, 5) is 44.8. The Hall–Kier alpha value is -8.68. The van der Waals surface area contributed by atoms with Crippen molar-refractivity contribution in [2.75, 3.05) is 10.5 Å². The summed E-state index contributed by atoms with van der Waals surface area (Å²) < 4.78 is 150. The number of anilines is 1. The first-order valence-corrected chi connectivity index (χ1v) is 33.3. The zero-order valence-electron chi connectivity index (χ0n) is 48.7. The largest absolute Gasteiger partial charge is 0.385 e. The standard InChI is InChI=1S/C16H15NO3S.C14H13NO5S2.2C11H13NO3S.C7H13NO4S/c1-3-13-6-10-15(11-7-13)21(19,20)17-16(18)14-8-4-12(2)5-9-14;1-2-11-3-7-13(8-4-11)21(16,17)15-12-5-9-14(10-6-12)22(18,19)20;2*1-8(2)11(13)12-16(14)15-10-6-4-9(3)5-7-10;1-4-6(9)8-7(2,3)5-13(10,11)12/h3-11H,1H2,2H3,(H,17,18);2-10,15H,1H2,(H,18,19,20);2*4-7H,1H2,2-3H3,(H,12,13);4H,1,5H2,2-3H3,(H,8,9)(H,10,11,12). The van der Waals surface area contributed by atoms with Gasteiger partial charge in [0.25, 0.3) is 58.0 Å². The molecule has 472 valence electrons. The fraction of sp³-hybridized carbons (Fsp3) is 0.153. The number of carbonyl (C=O) groups excluding carboxylic acids is 4. The molecule has 0 aromatic heterocycles. The molecule has 0 spiro atoms. The van der Waals surface area contributed by atoms with Crippen LogP contribution in [0.3, 0.4) is 0 Å². The lowest BCUT2D eigenvalue weighted by atomic mass is 10.1. The number of amides is 4. The van der Waals surface area contributed by atoms with Gasteiger partial charge in [-0.15, -0.1) is 0 Å². The van der Waals surface area contributed by atoms with E-state index >= 15 is 0 Å². The lowest BCUT2D eigenvalue weighted by Gasteiger charge is -2.23. The number of hydrogen-bond donors (Lipinski definition) is 7. The first-order chi connectivity index (χ1) is 40.8. The maximum absolute atomic E-state index is 12.2. The summed E-state index contributed by atoms with van der Waals surface area (Å²) >= 11 is -3.78. The summed E-state index contributed by atoms with van der Waals surface area (Å²) in [6.07, 6.45) is 4.24. The first-order valence-electron chi connectivity index (χ1n) is 25.1. The highest BCUT2D eigenvalue weighted by molar-refractivity contribution is 7.92. The third-order valence-electron chi connectivity index (χ3n) is 10.5. The third-order valence-corrected chi connectivity index (χ3v) is 16.6. The van der Waals surface area contributed by atoms with Crippen LogP contribution in [0.2, 0.25) is 0 Å². The van der Waals surface area contributed by atoms with Gasteiger partial charge in [-0.1, -0.05) is 122 Å². The van der Waals surface area contributed by atoms with Crippen LogP contribution < -0.4 is 32.6 Å². The zero-order chi connectivity index (χ0) is 66.8. The second-order valence-electron chi connectivity index (χ2n) is 18.9. The second kappa shape index (κ2) is 34.6. The van der Waals surface area contributed by atoms with Gasteiger partial charge >= 0.3 is 22.5 Å². The molecule has 7 N–H and O–H groups in total. The van der Waals surface area contributed by atoms with Crippen LogP contribution >= 0.6 is 0 Å². The molecule has 0 heterocycles. The molecule has 0 radical (unpaired) electrons. The Bertz CT molecular complexity index is 3890. The monoisotopic (exact) mass is 1330 g/mol. The van der Waals surface area contributed by atoms with Crippen molar-refractivity contribution in [1.82, 2.24) is 19.5 Å². The molecule has 6 aromatic carbocycles. The summed E-state index contributed by atoms with van der Waals surface area (Å²) in [6, 6.07) is 37.6. The molecule has 0 aliphatic rings. The van der Waals surface area contributed by atoms with Crippen molar-refractivity contribution in [3.63, 3.8) is 0 Å². The summed E-state index contributed by atoms with van der Waals surface area (Å²) in [7, 11) is -16.1. The van der Waals surface area contributed by atoms with Gasteiger partial charge in [0.05, 0.1) is 26.0 Å². The minimum Gasteiger partial charge on any atom is -0.385 e. The van der Waals surface area contributed by atoms with Crippen LogP contribution in [0.15, 0.2) is 210 Å². The minimum atomic E-state index is -4.31. The Morgan fingerprint density at radius 3 is 1.22 bits per heavy atom. The summed E-state index contributed by atoms with van der Waals surface area (Å²) in [5, 5.41) is 2.37. The van der Waals surface area contributed by atoms with Crippen molar-refractivity contribution >= 4 is 104 Å². The molecule has 88 heavy (non-hydrogen) atoms. The summed E-state index contributed by atoms with van der Waals surface area (Å²) in [6.45, 7) is 29.0. The van der Waals surface area contributed by atoms with Gasteiger partial charge in [0, 0.05) is 22.4 Å². The average molecular weight is 1330 g/mol. The molecule has 0 bridgehead atoms. The molecule has 6 aromatic rings. The van der Waals surface area contributed by atoms with E-state index in [0.29, 0.717) is 17.1 Å². The Morgan fingerprint density at radius 1 is 0.534 bits per heavy atom. The van der Waals surface area contributed by atoms with Crippen LogP contribution in [0.5, 0.6) is 11.5 Å².